The quantitative estimate of drug-likeness (QED) is 0.316. The summed E-state index contributed by atoms with van der Waals surface area (Å²) in [4.78, 5) is 27.4. The standard InChI is InChI=1S/C20H16N6O4/c1-12-17(20(28)25(23-12)14-7-9-15(10-8-14)26(29)30)11-21-24-13(2)22-18-6-4-3-5-16(18)19(24)27/h3-11,28H,1-2H3. The number of aromatic nitrogens is 4. The minimum absolute atomic E-state index is 0.0671. The number of nitro benzene ring substituents is 1. The van der Waals surface area contributed by atoms with Crippen molar-refractivity contribution in [2.24, 2.45) is 5.10 Å². The van der Waals surface area contributed by atoms with Gasteiger partial charge in [0.2, 0.25) is 5.88 Å². The lowest BCUT2D eigenvalue weighted by Crippen LogP contribution is -2.20. The fourth-order valence-corrected chi connectivity index (χ4v) is 3.06. The summed E-state index contributed by atoms with van der Waals surface area (Å²) in [6.07, 6.45) is 1.34. The average Bonchev–Trinajstić information content (AvgIpc) is 3.01. The maximum atomic E-state index is 12.7. The lowest BCUT2D eigenvalue weighted by Gasteiger charge is -2.05. The molecule has 4 rings (SSSR count). The summed E-state index contributed by atoms with van der Waals surface area (Å²) >= 11 is 0. The van der Waals surface area contributed by atoms with Crippen LogP contribution in [0.1, 0.15) is 17.1 Å². The average molecular weight is 404 g/mol. The van der Waals surface area contributed by atoms with Crippen molar-refractivity contribution in [1.82, 2.24) is 19.4 Å². The van der Waals surface area contributed by atoms with E-state index < -0.39 is 4.92 Å². The molecule has 0 bridgehead atoms. The van der Waals surface area contributed by atoms with Gasteiger partial charge >= 0.3 is 0 Å². The third-order valence-electron chi connectivity index (χ3n) is 4.60. The van der Waals surface area contributed by atoms with Gasteiger partial charge in [0.15, 0.2) is 0 Å². The normalized spacial score (nSPS) is 11.4. The van der Waals surface area contributed by atoms with Gasteiger partial charge in [-0.3, -0.25) is 14.9 Å². The zero-order valence-electron chi connectivity index (χ0n) is 16.1. The molecule has 150 valence electrons. The Labute approximate surface area is 169 Å². The van der Waals surface area contributed by atoms with Gasteiger partial charge in [-0.05, 0) is 38.1 Å². The second-order valence-electron chi connectivity index (χ2n) is 6.55. The van der Waals surface area contributed by atoms with Crippen molar-refractivity contribution >= 4 is 22.8 Å². The zero-order valence-corrected chi connectivity index (χ0v) is 16.1. The molecule has 2 aromatic carbocycles. The molecule has 0 amide bonds. The summed E-state index contributed by atoms with van der Waals surface area (Å²) in [5.74, 6) is 0.194. The summed E-state index contributed by atoms with van der Waals surface area (Å²) < 4.78 is 2.40. The van der Waals surface area contributed by atoms with Crippen LogP contribution in [0.4, 0.5) is 5.69 Å². The highest BCUT2D eigenvalue weighted by atomic mass is 16.6. The van der Waals surface area contributed by atoms with Gasteiger partial charge in [0, 0.05) is 12.1 Å². The highest BCUT2D eigenvalue weighted by Gasteiger charge is 2.16. The molecule has 0 saturated carbocycles. The summed E-state index contributed by atoms with van der Waals surface area (Å²) in [5.41, 5.74) is 1.41. The smallest absolute Gasteiger partial charge is 0.282 e. The third kappa shape index (κ3) is 3.20. The van der Waals surface area contributed by atoms with Crippen LogP contribution in [0.25, 0.3) is 16.6 Å². The molecule has 4 aromatic rings. The third-order valence-corrected chi connectivity index (χ3v) is 4.60. The predicted octanol–water partition coefficient (Wildman–Crippen LogP) is 2.70. The van der Waals surface area contributed by atoms with E-state index in [4.69, 9.17) is 0 Å². The first-order valence-corrected chi connectivity index (χ1v) is 8.93. The molecule has 2 aromatic heterocycles. The van der Waals surface area contributed by atoms with E-state index in [-0.39, 0.29) is 17.1 Å². The highest BCUT2D eigenvalue weighted by Crippen LogP contribution is 2.24. The van der Waals surface area contributed by atoms with Gasteiger partial charge in [-0.25, -0.2) is 9.67 Å². The Hall–Kier alpha value is -4.34. The molecule has 0 atom stereocenters. The Morgan fingerprint density at radius 3 is 2.53 bits per heavy atom. The number of hydrogen-bond acceptors (Lipinski definition) is 7. The van der Waals surface area contributed by atoms with Crippen molar-refractivity contribution in [2.45, 2.75) is 13.8 Å². The van der Waals surface area contributed by atoms with E-state index in [0.717, 1.165) is 4.68 Å². The number of nitro groups is 1. The van der Waals surface area contributed by atoms with Crippen LogP contribution in [0.15, 0.2) is 58.4 Å². The lowest BCUT2D eigenvalue weighted by molar-refractivity contribution is -0.384. The Bertz CT molecular complexity index is 1370. The van der Waals surface area contributed by atoms with E-state index in [1.807, 2.05) is 0 Å². The second kappa shape index (κ2) is 7.24. The minimum Gasteiger partial charge on any atom is -0.493 e. The maximum absolute atomic E-state index is 12.7. The van der Waals surface area contributed by atoms with Crippen molar-refractivity contribution in [2.75, 3.05) is 0 Å². The first-order chi connectivity index (χ1) is 14.4. The minimum atomic E-state index is -0.506. The van der Waals surface area contributed by atoms with E-state index in [1.54, 1.807) is 38.1 Å². The SMILES string of the molecule is Cc1nn(-c2ccc([N+](=O)[O-])cc2)c(O)c1C=Nn1c(C)nc2ccccc2c1=O. The number of rotatable bonds is 4. The van der Waals surface area contributed by atoms with Gasteiger partial charge in [-0.2, -0.15) is 14.9 Å². The van der Waals surface area contributed by atoms with E-state index in [1.165, 1.54) is 35.2 Å². The van der Waals surface area contributed by atoms with Gasteiger partial charge in [-0.1, -0.05) is 12.1 Å². The van der Waals surface area contributed by atoms with Crippen molar-refractivity contribution in [1.29, 1.82) is 0 Å². The second-order valence-corrected chi connectivity index (χ2v) is 6.55. The molecule has 10 heteroatoms. The van der Waals surface area contributed by atoms with Crippen LogP contribution in [-0.4, -0.2) is 35.7 Å². The Balaban J connectivity index is 1.74. The van der Waals surface area contributed by atoms with E-state index in [9.17, 15) is 20.0 Å². The zero-order chi connectivity index (χ0) is 21.4. The van der Waals surface area contributed by atoms with E-state index in [0.29, 0.717) is 33.7 Å². The van der Waals surface area contributed by atoms with Gasteiger partial charge < -0.3 is 5.11 Å². The molecule has 0 aliphatic rings. The molecule has 0 aliphatic carbocycles. The number of nitrogens with zero attached hydrogens (tertiary/aromatic N) is 6. The van der Waals surface area contributed by atoms with Crippen molar-refractivity contribution < 1.29 is 10.0 Å². The largest absolute Gasteiger partial charge is 0.493 e. The number of aryl methyl sites for hydroxylation is 2. The number of fused-ring (bicyclic) bond motifs is 1. The predicted molar refractivity (Wildman–Crippen MR) is 110 cm³/mol. The molecular weight excluding hydrogens is 388 g/mol. The fraction of sp³-hybridized carbons (Fsp3) is 0.100. The van der Waals surface area contributed by atoms with Crippen LogP contribution in [0.2, 0.25) is 0 Å². The molecule has 0 spiro atoms. The molecule has 10 nitrogen and oxygen atoms in total. The summed E-state index contributed by atoms with van der Waals surface area (Å²) in [6.45, 7) is 3.34. The monoisotopic (exact) mass is 404 g/mol. The molecule has 30 heavy (non-hydrogen) atoms. The summed E-state index contributed by atoms with van der Waals surface area (Å²) in [7, 11) is 0. The molecular formula is C20H16N6O4. The number of benzene rings is 2. The first-order valence-electron chi connectivity index (χ1n) is 8.93. The number of para-hydroxylation sites is 1. The van der Waals surface area contributed by atoms with Crippen molar-refractivity contribution in [3.05, 3.63) is 86.1 Å². The molecule has 0 unspecified atom stereocenters. The summed E-state index contributed by atoms with van der Waals surface area (Å²) in [5, 5.41) is 30.3. The molecule has 2 heterocycles. The first kappa shape index (κ1) is 19.0. The molecule has 0 radical (unpaired) electrons. The fourth-order valence-electron chi connectivity index (χ4n) is 3.06. The van der Waals surface area contributed by atoms with E-state index >= 15 is 0 Å². The van der Waals surface area contributed by atoms with Crippen LogP contribution >= 0.6 is 0 Å². The van der Waals surface area contributed by atoms with Crippen molar-refractivity contribution in [3.8, 4) is 11.6 Å². The van der Waals surface area contributed by atoms with Gasteiger partial charge in [0.25, 0.3) is 11.2 Å². The number of aromatic hydroxyl groups is 1. The number of non-ortho nitro benzene ring substituents is 1. The number of hydrogen-bond donors (Lipinski definition) is 1. The Morgan fingerprint density at radius 1 is 1.13 bits per heavy atom. The molecule has 0 saturated heterocycles. The van der Waals surface area contributed by atoms with Crippen LogP contribution in [0.5, 0.6) is 5.88 Å². The highest BCUT2D eigenvalue weighted by molar-refractivity contribution is 5.84. The molecule has 1 N–H and O–H groups in total. The maximum Gasteiger partial charge on any atom is 0.282 e. The van der Waals surface area contributed by atoms with Crippen LogP contribution in [0, 0.1) is 24.0 Å². The van der Waals surface area contributed by atoms with Gasteiger partial charge in [0.1, 0.15) is 5.82 Å². The van der Waals surface area contributed by atoms with E-state index in [2.05, 4.69) is 15.2 Å². The van der Waals surface area contributed by atoms with Crippen LogP contribution in [0.3, 0.4) is 0 Å². The Kier molecular flexibility index (Phi) is 4.59. The topological polar surface area (TPSA) is 128 Å². The van der Waals surface area contributed by atoms with Crippen molar-refractivity contribution in [3.63, 3.8) is 0 Å². The lowest BCUT2D eigenvalue weighted by atomic mass is 10.2. The van der Waals surface area contributed by atoms with Crippen LogP contribution < -0.4 is 5.56 Å². The van der Waals surface area contributed by atoms with Crippen LogP contribution in [-0.2, 0) is 0 Å². The molecule has 0 fully saturated rings. The summed E-state index contributed by atoms with van der Waals surface area (Å²) in [6, 6.07) is 12.6. The molecule has 0 aliphatic heterocycles. The Morgan fingerprint density at radius 2 is 1.83 bits per heavy atom. The van der Waals surface area contributed by atoms with Gasteiger partial charge in [-0.15, -0.1) is 0 Å². The van der Waals surface area contributed by atoms with Gasteiger partial charge in [0.05, 0.1) is 39.0 Å².